The Bertz CT molecular complexity index is 685. The lowest BCUT2D eigenvalue weighted by Crippen LogP contribution is -2.65. The number of carbonyl (C=O) groups is 2. The molecule has 2 amide bonds. The Balaban J connectivity index is 1.87. The zero-order chi connectivity index (χ0) is 18.5. The van der Waals surface area contributed by atoms with Crippen LogP contribution < -0.4 is 0 Å². The van der Waals surface area contributed by atoms with E-state index in [9.17, 15) is 9.59 Å². The standard InChI is InChI=1S/C20H22N2O4/c1-25-19-17(23)22(14-16-11-7-4-8-12-16)20(26-2)18(24)21(19)13-15-9-5-3-6-10-15/h3-12,19-20H,13-14H2,1-2H3. The summed E-state index contributed by atoms with van der Waals surface area (Å²) in [5, 5.41) is 0. The minimum atomic E-state index is -0.974. The van der Waals surface area contributed by atoms with Crippen molar-refractivity contribution in [3.05, 3.63) is 71.8 Å². The Hall–Kier alpha value is -2.70. The van der Waals surface area contributed by atoms with Crippen LogP contribution in [0.3, 0.4) is 0 Å². The maximum absolute atomic E-state index is 13.0. The first-order valence-corrected chi connectivity index (χ1v) is 8.40. The van der Waals surface area contributed by atoms with E-state index >= 15 is 0 Å². The largest absolute Gasteiger partial charge is 0.353 e. The van der Waals surface area contributed by atoms with E-state index < -0.39 is 12.5 Å². The van der Waals surface area contributed by atoms with Crippen molar-refractivity contribution in [2.45, 2.75) is 25.5 Å². The van der Waals surface area contributed by atoms with Crippen LogP contribution in [0.2, 0.25) is 0 Å². The zero-order valence-electron chi connectivity index (χ0n) is 14.9. The molecule has 6 heteroatoms. The highest BCUT2D eigenvalue weighted by molar-refractivity contribution is 5.95. The number of hydrogen-bond acceptors (Lipinski definition) is 4. The van der Waals surface area contributed by atoms with E-state index in [1.54, 1.807) is 0 Å². The third kappa shape index (κ3) is 3.61. The summed E-state index contributed by atoms with van der Waals surface area (Å²) >= 11 is 0. The second kappa shape index (κ2) is 8.12. The normalized spacial score (nSPS) is 20.5. The molecule has 0 N–H and O–H groups in total. The topological polar surface area (TPSA) is 59.1 Å². The Labute approximate surface area is 152 Å². The molecule has 3 rings (SSSR count). The average Bonchev–Trinajstić information content (AvgIpc) is 2.68. The summed E-state index contributed by atoms with van der Waals surface area (Å²) in [6.07, 6.45) is -1.95. The monoisotopic (exact) mass is 354 g/mol. The third-order valence-electron chi connectivity index (χ3n) is 4.39. The van der Waals surface area contributed by atoms with Crippen LogP contribution in [0.25, 0.3) is 0 Å². The fourth-order valence-electron chi connectivity index (χ4n) is 3.12. The molecular formula is C20H22N2O4. The van der Waals surface area contributed by atoms with Gasteiger partial charge in [-0.05, 0) is 11.1 Å². The van der Waals surface area contributed by atoms with Crippen LogP contribution in [0.15, 0.2) is 60.7 Å². The van der Waals surface area contributed by atoms with Gasteiger partial charge in [0.25, 0.3) is 11.8 Å². The summed E-state index contributed by atoms with van der Waals surface area (Å²) in [5.74, 6) is -0.586. The number of benzene rings is 2. The summed E-state index contributed by atoms with van der Waals surface area (Å²) < 4.78 is 10.8. The fourth-order valence-corrected chi connectivity index (χ4v) is 3.12. The van der Waals surface area contributed by atoms with Crippen LogP contribution in [-0.2, 0) is 32.2 Å². The molecule has 0 aromatic heterocycles. The van der Waals surface area contributed by atoms with E-state index in [2.05, 4.69) is 0 Å². The van der Waals surface area contributed by atoms with Crippen molar-refractivity contribution in [1.82, 2.24) is 9.80 Å². The molecule has 0 spiro atoms. The summed E-state index contributed by atoms with van der Waals surface area (Å²) in [7, 11) is 2.86. The number of carbonyl (C=O) groups excluding carboxylic acids is 2. The van der Waals surface area contributed by atoms with Crippen molar-refractivity contribution in [2.24, 2.45) is 0 Å². The number of nitrogens with zero attached hydrogens (tertiary/aromatic N) is 2. The SMILES string of the molecule is COC1C(=O)N(Cc2ccccc2)C(OC)C(=O)N1Cc1ccccc1. The molecule has 1 fully saturated rings. The molecule has 1 aliphatic heterocycles. The smallest absolute Gasteiger partial charge is 0.275 e. The van der Waals surface area contributed by atoms with Gasteiger partial charge in [0.2, 0.25) is 12.5 Å². The summed E-state index contributed by atoms with van der Waals surface area (Å²) in [4.78, 5) is 28.9. The number of piperazine rings is 1. The molecule has 2 aromatic rings. The lowest BCUT2D eigenvalue weighted by Gasteiger charge is -2.43. The van der Waals surface area contributed by atoms with Gasteiger partial charge >= 0.3 is 0 Å². The molecule has 26 heavy (non-hydrogen) atoms. The zero-order valence-corrected chi connectivity index (χ0v) is 14.9. The van der Waals surface area contributed by atoms with Gasteiger partial charge in [0.1, 0.15) is 0 Å². The van der Waals surface area contributed by atoms with Crippen LogP contribution in [0.5, 0.6) is 0 Å². The van der Waals surface area contributed by atoms with Gasteiger partial charge in [0.15, 0.2) is 0 Å². The van der Waals surface area contributed by atoms with E-state index in [-0.39, 0.29) is 24.9 Å². The second-order valence-electron chi connectivity index (χ2n) is 6.08. The first-order valence-electron chi connectivity index (χ1n) is 8.40. The van der Waals surface area contributed by atoms with Crippen molar-refractivity contribution in [3.63, 3.8) is 0 Å². The molecule has 136 valence electrons. The minimum Gasteiger partial charge on any atom is -0.353 e. The molecule has 6 nitrogen and oxygen atoms in total. The van der Waals surface area contributed by atoms with Gasteiger partial charge in [-0.15, -0.1) is 0 Å². The van der Waals surface area contributed by atoms with Crippen molar-refractivity contribution >= 4 is 11.8 Å². The first-order chi connectivity index (χ1) is 12.7. The van der Waals surface area contributed by atoms with E-state index in [0.29, 0.717) is 0 Å². The predicted molar refractivity (Wildman–Crippen MR) is 95.6 cm³/mol. The van der Waals surface area contributed by atoms with Crippen LogP contribution in [0, 0.1) is 0 Å². The lowest BCUT2D eigenvalue weighted by atomic mass is 10.1. The molecule has 0 bridgehead atoms. The Morgan fingerprint density at radius 1 is 0.692 bits per heavy atom. The molecule has 0 radical (unpaired) electrons. The van der Waals surface area contributed by atoms with Gasteiger partial charge in [-0.3, -0.25) is 9.59 Å². The second-order valence-corrected chi connectivity index (χ2v) is 6.08. The molecule has 1 aliphatic rings. The van der Waals surface area contributed by atoms with Gasteiger partial charge in [-0.1, -0.05) is 60.7 Å². The predicted octanol–water partition coefficient (Wildman–Crippen LogP) is 2.00. The molecule has 2 unspecified atom stereocenters. The van der Waals surface area contributed by atoms with Crippen molar-refractivity contribution in [1.29, 1.82) is 0 Å². The molecule has 1 heterocycles. The van der Waals surface area contributed by atoms with Crippen molar-refractivity contribution in [3.8, 4) is 0 Å². The first kappa shape index (κ1) is 18.1. The summed E-state index contributed by atoms with van der Waals surface area (Å²) in [5.41, 5.74) is 1.84. The fraction of sp³-hybridized carbons (Fsp3) is 0.300. The number of ether oxygens (including phenoxy) is 2. The van der Waals surface area contributed by atoms with Gasteiger partial charge < -0.3 is 19.3 Å². The maximum Gasteiger partial charge on any atom is 0.275 e. The van der Waals surface area contributed by atoms with E-state index in [0.717, 1.165) is 11.1 Å². The Kier molecular flexibility index (Phi) is 5.65. The highest BCUT2D eigenvalue weighted by Gasteiger charge is 2.46. The highest BCUT2D eigenvalue weighted by atomic mass is 16.5. The van der Waals surface area contributed by atoms with E-state index in [1.165, 1.54) is 24.0 Å². The van der Waals surface area contributed by atoms with Crippen LogP contribution in [0.4, 0.5) is 0 Å². The quantitative estimate of drug-likeness (QED) is 0.796. The molecule has 1 saturated heterocycles. The molecule has 2 atom stereocenters. The highest BCUT2D eigenvalue weighted by Crippen LogP contribution is 2.23. The van der Waals surface area contributed by atoms with E-state index in [4.69, 9.17) is 9.47 Å². The lowest BCUT2D eigenvalue weighted by molar-refractivity contribution is -0.199. The van der Waals surface area contributed by atoms with Crippen LogP contribution >= 0.6 is 0 Å². The maximum atomic E-state index is 13.0. The summed E-state index contributed by atoms with van der Waals surface area (Å²) in [6.45, 7) is 0.561. The van der Waals surface area contributed by atoms with Crippen LogP contribution in [-0.4, -0.2) is 48.3 Å². The van der Waals surface area contributed by atoms with Crippen molar-refractivity contribution < 1.29 is 19.1 Å². The number of amides is 2. The van der Waals surface area contributed by atoms with Crippen molar-refractivity contribution in [2.75, 3.05) is 14.2 Å². The van der Waals surface area contributed by atoms with Gasteiger partial charge in [-0.25, -0.2) is 0 Å². The molecule has 0 aliphatic carbocycles. The van der Waals surface area contributed by atoms with Gasteiger partial charge in [0, 0.05) is 27.3 Å². The number of methoxy groups -OCH3 is 2. The molecule has 2 aromatic carbocycles. The molecule has 0 saturated carbocycles. The van der Waals surface area contributed by atoms with Gasteiger partial charge in [0.05, 0.1) is 0 Å². The van der Waals surface area contributed by atoms with Crippen LogP contribution in [0.1, 0.15) is 11.1 Å². The minimum absolute atomic E-state index is 0.281. The Morgan fingerprint density at radius 3 is 1.35 bits per heavy atom. The third-order valence-corrected chi connectivity index (χ3v) is 4.39. The number of rotatable bonds is 6. The molecular weight excluding hydrogens is 332 g/mol. The Morgan fingerprint density at radius 2 is 1.04 bits per heavy atom. The number of hydrogen-bond donors (Lipinski definition) is 0. The van der Waals surface area contributed by atoms with Gasteiger partial charge in [-0.2, -0.15) is 0 Å². The summed E-state index contributed by atoms with van der Waals surface area (Å²) in [6, 6.07) is 19.0. The van der Waals surface area contributed by atoms with E-state index in [1.807, 2.05) is 60.7 Å². The average molecular weight is 354 g/mol.